The van der Waals surface area contributed by atoms with Crippen molar-refractivity contribution in [2.45, 2.75) is 37.6 Å². The van der Waals surface area contributed by atoms with Crippen LogP contribution >= 0.6 is 0 Å². The van der Waals surface area contributed by atoms with Gasteiger partial charge < -0.3 is 30.5 Å². The highest BCUT2D eigenvalue weighted by molar-refractivity contribution is 5.73. The largest absolute Gasteiger partial charge is 0.394 e. The third-order valence-electron chi connectivity index (χ3n) is 2.27. The predicted octanol–water partition coefficient (Wildman–Crippen LogP) is -3.08. The molecule has 0 aromatic rings. The fourth-order valence-electron chi connectivity index (χ4n) is 1.49. The van der Waals surface area contributed by atoms with Crippen molar-refractivity contribution in [2.75, 3.05) is 6.61 Å². The number of aliphatic hydroxyl groups excluding tert-OH is 4. The van der Waals surface area contributed by atoms with E-state index in [1.165, 1.54) is 6.92 Å². The van der Waals surface area contributed by atoms with Crippen LogP contribution in [0, 0.1) is 0 Å². The summed E-state index contributed by atoms with van der Waals surface area (Å²) in [7, 11) is 0. The standard InChI is InChI=1S/C8H15NO6/c1-3(11)9-5-7(13)6(12)4(2-10)15-8(5)14/h4-8,10,12-14H,2H2,1H3,(H,9,11)/t4?,5?,6-,7-,8-/m1/s1. The lowest BCUT2D eigenvalue weighted by molar-refractivity contribution is -0.253. The minimum absolute atomic E-state index is 0.462. The highest BCUT2D eigenvalue weighted by Crippen LogP contribution is 2.19. The van der Waals surface area contributed by atoms with Crippen LogP contribution in [0.25, 0.3) is 0 Å². The zero-order chi connectivity index (χ0) is 11.6. The van der Waals surface area contributed by atoms with E-state index in [4.69, 9.17) is 9.84 Å². The van der Waals surface area contributed by atoms with Gasteiger partial charge in [-0.25, -0.2) is 0 Å². The molecule has 0 aromatic heterocycles. The Kier molecular flexibility index (Phi) is 4.00. The third kappa shape index (κ3) is 2.64. The van der Waals surface area contributed by atoms with Crippen LogP contribution in [-0.4, -0.2) is 63.6 Å². The van der Waals surface area contributed by atoms with E-state index in [2.05, 4.69) is 5.32 Å². The Hall–Kier alpha value is -0.730. The first kappa shape index (κ1) is 12.3. The normalized spacial score (nSPS) is 41.3. The van der Waals surface area contributed by atoms with Gasteiger partial charge in [-0.1, -0.05) is 0 Å². The van der Waals surface area contributed by atoms with Crippen LogP contribution in [0.15, 0.2) is 0 Å². The van der Waals surface area contributed by atoms with Gasteiger partial charge in [0, 0.05) is 6.92 Å². The van der Waals surface area contributed by atoms with Gasteiger partial charge in [-0.2, -0.15) is 0 Å². The van der Waals surface area contributed by atoms with Gasteiger partial charge in [-0.15, -0.1) is 0 Å². The number of ether oxygens (including phenoxy) is 1. The summed E-state index contributed by atoms with van der Waals surface area (Å²) in [6, 6.07) is -1.10. The summed E-state index contributed by atoms with van der Waals surface area (Å²) in [4.78, 5) is 10.7. The van der Waals surface area contributed by atoms with E-state index >= 15 is 0 Å². The van der Waals surface area contributed by atoms with Crippen molar-refractivity contribution in [2.24, 2.45) is 0 Å². The number of carbonyl (C=O) groups excluding carboxylic acids is 1. The lowest BCUT2D eigenvalue weighted by Crippen LogP contribution is -2.63. The first-order valence-electron chi connectivity index (χ1n) is 4.55. The summed E-state index contributed by atoms with van der Waals surface area (Å²) >= 11 is 0. The highest BCUT2D eigenvalue weighted by Gasteiger charge is 2.43. The third-order valence-corrected chi connectivity index (χ3v) is 2.27. The summed E-state index contributed by atoms with van der Waals surface area (Å²) < 4.78 is 4.81. The molecule has 1 rings (SSSR count). The Bertz CT molecular complexity index is 235. The number of carbonyl (C=O) groups is 1. The molecule has 0 spiro atoms. The lowest BCUT2D eigenvalue weighted by atomic mass is 9.97. The van der Waals surface area contributed by atoms with Crippen molar-refractivity contribution in [3.05, 3.63) is 0 Å². The molecule has 7 nitrogen and oxygen atoms in total. The zero-order valence-corrected chi connectivity index (χ0v) is 8.20. The summed E-state index contributed by atoms with van der Waals surface area (Å²) in [5.41, 5.74) is 0. The Labute approximate surface area is 86.3 Å². The van der Waals surface area contributed by atoms with Gasteiger partial charge >= 0.3 is 0 Å². The number of aliphatic hydroxyl groups is 4. The van der Waals surface area contributed by atoms with E-state index in [0.29, 0.717) is 0 Å². The smallest absolute Gasteiger partial charge is 0.217 e. The average molecular weight is 221 g/mol. The molecule has 1 aliphatic heterocycles. The molecule has 0 aromatic carbocycles. The van der Waals surface area contributed by atoms with E-state index in [9.17, 15) is 20.1 Å². The molecule has 1 amide bonds. The van der Waals surface area contributed by atoms with Gasteiger partial charge in [0.05, 0.1) is 6.61 Å². The Balaban J connectivity index is 2.70. The monoisotopic (exact) mass is 221 g/mol. The average Bonchev–Trinajstić information content (AvgIpc) is 2.18. The van der Waals surface area contributed by atoms with Gasteiger partial charge in [0.1, 0.15) is 24.4 Å². The summed E-state index contributed by atoms with van der Waals surface area (Å²) in [6.07, 6.45) is -5.24. The molecule has 0 aliphatic carbocycles. The fourth-order valence-corrected chi connectivity index (χ4v) is 1.49. The van der Waals surface area contributed by atoms with Crippen LogP contribution in [0.4, 0.5) is 0 Å². The molecule has 88 valence electrons. The molecule has 5 atom stereocenters. The molecule has 0 saturated carbocycles. The van der Waals surface area contributed by atoms with Crippen molar-refractivity contribution in [1.29, 1.82) is 0 Å². The van der Waals surface area contributed by atoms with Crippen LogP contribution < -0.4 is 5.32 Å². The van der Waals surface area contributed by atoms with Crippen molar-refractivity contribution in [1.82, 2.24) is 5.32 Å². The SMILES string of the molecule is CC(=O)NC1[C@H](O)OC(CO)[C@@H](O)[C@@H]1O. The van der Waals surface area contributed by atoms with Gasteiger partial charge in [-0.05, 0) is 0 Å². The van der Waals surface area contributed by atoms with Crippen molar-refractivity contribution >= 4 is 5.91 Å². The lowest BCUT2D eigenvalue weighted by Gasteiger charge is -2.40. The molecule has 1 heterocycles. The van der Waals surface area contributed by atoms with E-state index in [0.717, 1.165) is 0 Å². The highest BCUT2D eigenvalue weighted by atomic mass is 16.6. The Morgan fingerprint density at radius 1 is 1.33 bits per heavy atom. The number of rotatable bonds is 2. The second kappa shape index (κ2) is 4.86. The summed E-state index contributed by atoms with van der Waals surface area (Å²) in [6.45, 7) is 0.687. The van der Waals surface area contributed by atoms with Crippen LogP contribution in [0.2, 0.25) is 0 Å². The molecule has 0 bridgehead atoms. The maximum absolute atomic E-state index is 10.7. The second-order valence-electron chi connectivity index (χ2n) is 3.46. The van der Waals surface area contributed by atoms with E-state index < -0.39 is 43.2 Å². The minimum atomic E-state index is -1.45. The molecule has 5 N–H and O–H groups in total. The molecule has 1 saturated heterocycles. The number of hydrogen-bond donors (Lipinski definition) is 5. The van der Waals surface area contributed by atoms with Gasteiger partial charge in [0.2, 0.25) is 5.91 Å². The zero-order valence-electron chi connectivity index (χ0n) is 8.20. The van der Waals surface area contributed by atoms with Crippen molar-refractivity contribution in [3.8, 4) is 0 Å². The predicted molar refractivity (Wildman–Crippen MR) is 47.6 cm³/mol. The molecule has 2 unspecified atom stereocenters. The molecular formula is C8H15NO6. The van der Waals surface area contributed by atoms with Crippen molar-refractivity contribution in [3.63, 3.8) is 0 Å². The molecule has 1 aliphatic rings. The number of hydrogen-bond acceptors (Lipinski definition) is 6. The van der Waals surface area contributed by atoms with E-state index in [-0.39, 0.29) is 0 Å². The molecule has 0 radical (unpaired) electrons. The van der Waals surface area contributed by atoms with Crippen LogP contribution in [0.3, 0.4) is 0 Å². The molecular weight excluding hydrogens is 206 g/mol. The number of amides is 1. The summed E-state index contributed by atoms with van der Waals surface area (Å²) in [5, 5.41) is 39.4. The first-order chi connectivity index (χ1) is 6.97. The van der Waals surface area contributed by atoms with Gasteiger partial charge in [0.25, 0.3) is 0 Å². The Morgan fingerprint density at radius 3 is 2.40 bits per heavy atom. The van der Waals surface area contributed by atoms with Crippen molar-refractivity contribution < 1.29 is 30.0 Å². The molecule has 1 fully saturated rings. The quantitative estimate of drug-likeness (QED) is 0.337. The minimum Gasteiger partial charge on any atom is -0.394 e. The van der Waals surface area contributed by atoms with Gasteiger partial charge in [0.15, 0.2) is 6.29 Å². The maximum Gasteiger partial charge on any atom is 0.217 e. The summed E-state index contributed by atoms with van der Waals surface area (Å²) in [5.74, 6) is -0.462. The number of nitrogens with one attached hydrogen (secondary N) is 1. The van der Waals surface area contributed by atoms with Gasteiger partial charge in [-0.3, -0.25) is 4.79 Å². The van der Waals surface area contributed by atoms with Crippen LogP contribution in [0.1, 0.15) is 6.92 Å². The van der Waals surface area contributed by atoms with E-state index in [1.807, 2.05) is 0 Å². The second-order valence-corrected chi connectivity index (χ2v) is 3.46. The molecule has 7 heteroatoms. The first-order valence-corrected chi connectivity index (χ1v) is 4.55. The Morgan fingerprint density at radius 2 is 1.93 bits per heavy atom. The van der Waals surface area contributed by atoms with E-state index in [1.54, 1.807) is 0 Å². The molecule has 15 heavy (non-hydrogen) atoms. The van der Waals surface area contributed by atoms with Crippen LogP contribution in [-0.2, 0) is 9.53 Å². The topological polar surface area (TPSA) is 119 Å². The van der Waals surface area contributed by atoms with Crippen LogP contribution in [0.5, 0.6) is 0 Å². The fraction of sp³-hybridized carbons (Fsp3) is 0.875. The maximum atomic E-state index is 10.7.